The van der Waals surface area contributed by atoms with Gasteiger partial charge in [0.15, 0.2) is 29.0 Å². The molecule has 11 aromatic heterocycles. The zero-order valence-electron chi connectivity index (χ0n) is 61.8. The van der Waals surface area contributed by atoms with Crippen LogP contribution in [-0.4, -0.2) is 111 Å². The monoisotopic (exact) mass is 1550 g/mol. The summed E-state index contributed by atoms with van der Waals surface area (Å²) in [4.78, 5) is 58.1. The van der Waals surface area contributed by atoms with E-state index in [0.717, 1.165) is 51.1 Å². The lowest BCUT2D eigenvalue weighted by atomic mass is 9.92. The number of nitrogens with zero attached hydrogens (tertiary/aromatic N) is 18. The normalized spacial score (nSPS) is 12.0. The number of hydrogen-bond donors (Lipinski definition) is 16. The molecule has 114 heavy (non-hydrogen) atoms. The second kappa shape index (κ2) is 35.7. The van der Waals surface area contributed by atoms with Gasteiger partial charge in [0.05, 0.1) is 47.5 Å². The average Bonchev–Trinajstić information content (AvgIpc) is 1.26. The molecule has 0 aliphatic rings. The van der Waals surface area contributed by atoms with Crippen molar-refractivity contribution in [2.45, 2.75) is 78.0 Å². The first-order valence-corrected chi connectivity index (χ1v) is 34.8. The highest BCUT2D eigenvalue weighted by atomic mass is 19.1. The summed E-state index contributed by atoms with van der Waals surface area (Å²) in [6.07, 6.45) is 6.64. The molecule has 15 aromatic rings. The molecule has 15 rings (SSSR count). The van der Waals surface area contributed by atoms with Gasteiger partial charge in [0.25, 0.3) is 0 Å². The number of aromatic nitrogens is 22. The van der Waals surface area contributed by atoms with E-state index in [1.54, 1.807) is 92.4 Å². The van der Waals surface area contributed by atoms with Crippen molar-refractivity contribution in [3.63, 3.8) is 0 Å². The van der Waals surface area contributed by atoms with Crippen LogP contribution in [-0.2, 0) is 5.41 Å². The predicted octanol–water partition coefficient (Wildman–Crippen LogP) is 13.8. The Morgan fingerprint density at radius 2 is 0.754 bits per heavy atom. The largest absolute Gasteiger partial charge is 0.463 e. The quantitative estimate of drug-likeness (QED) is 0.0264. The van der Waals surface area contributed by atoms with Gasteiger partial charge in [-0.2, -0.15) is 80.2 Å². The number of anilines is 16. The van der Waals surface area contributed by atoms with Crippen LogP contribution in [0, 0.1) is 29.1 Å². The Morgan fingerprint density at radius 1 is 0.368 bits per heavy atom. The molecule has 20 N–H and O–H groups in total. The first-order chi connectivity index (χ1) is 54.8. The number of furan rings is 1. The number of H-pyrrole nitrogens is 4. The van der Waals surface area contributed by atoms with E-state index in [9.17, 15) is 22.0 Å². The number of hydrogen-bond acceptors (Lipinski definition) is 31. The van der Waals surface area contributed by atoms with E-state index in [2.05, 4.69) is 174 Å². The first-order valence-electron chi connectivity index (χ1n) is 34.8. The molecular weight excluding hydrogens is 1480 g/mol. The summed E-state index contributed by atoms with van der Waals surface area (Å²) in [6.45, 7) is 13.7. The summed E-state index contributed by atoms with van der Waals surface area (Å²) in [7, 11) is 0. The van der Waals surface area contributed by atoms with E-state index in [0.29, 0.717) is 40.7 Å². The number of nitrogens with one attached hydrogen (secondary N) is 12. The van der Waals surface area contributed by atoms with Crippen molar-refractivity contribution in [1.29, 1.82) is 0 Å². The summed E-state index contributed by atoms with van der Waals surface area (Å²) in [5.41, 5.74) is 30.9. The van der Waals surface area contributed by atoms with Crippen LogP contribution in [0.4, 0.5) is 117 Å². The number of pyridine rings is 2. The molecule has 0 aliphatic heterocycles. The molecule has 0 fully saturated rings. The van der Waals surface area contributed by atoms with Gasteiger partial charge in [0.1, 0.15) is 34.8 Å². The molecule has 4 atom stereocenters. The molecule has 0 aliphatic carbocycles. The van der Waals surface area contributed by atoms with Crippen molar-refractivity contribution >= 4 is 94.7 Å². The second-order valence-corrected chi connectivity index (χ2v) is 26.0. The number of rotatable bonds is 23. The van der Waals surface area contributed by atoms with Crippen LogP contribution in [0.25, 0.3) is 34.1 Å². The standard InChI is InChI=1S/C19H17F2N9.C19H18FN9.C18H17FN8O.C18H23FN8/c1-10(13-3-2-12(20)8-14(13)21)24-18-26-17(22)27-19(28-18)25-16-9-15(29-30-16)11-4-6-23-7-5-11;1-11(12-5-7-13(20)8-6-12)23-18-25-17(21)26-19(27-18)24-16-10-15(28-29-16)14-4-2-3-9-22-14;1-10(11-4-6-12(19)7-5-11)21-17-23-16(20)24-18(25-17)22-15-9-13(26-27-15)14-3-2-8-28-14;1-10(11-5-7-12(19)8-6-11)21-16-23-15(20)24-17(25-16)22-14-9-13(26-27-14)18(2,3)4/h2-10H,1H3,(H5,22,24,25,26,27,28,29,30);2-11H,1H3,(H5,21,23,24,25,26,27,28,29);2-10H,1H3,(H5,20,21,22,23,24,25,26,27);5-10H,1-4H3,(H5,20,21,22,23,24,25,26,27). The minimum absolute atomic E-state index is 0.0355. The number of nitrogens with two attached hydrogens (primary N) is 4. The summed E-state index contributed by atoms with van der Waals surface area (Å²) in [5, 5.41) is 52.7. The third-order valence-electron chi connectivity index (χ3n) is 16.3. The number of aromatic amines is 4. The smallest absolute Gasteiger partial charge is 0.235 e. The Balaban J connectivity index is 0.000000141. The Bertz CT molecular complexity index is 5620. The fourth-order valence-corrected chi connectivity index (χ4v) is 10.5. The first kappa shape index (κ1) is 78.2. The molecule has 0 saturated carbocycles. The van der Waals surface area contributed by atoms with Gasteiger partial charge >= 0.3 is 0 Å². The molecule has 35 nitrogen and oxygen atoms in total. The van der Waals surface area contributed by atoms with E-state index in [1.807, 2.05) is 63.2 Å². The van der Waals surface area contributed by atoms with Crippen LogP contribution >= 0.6 is 0 Å². The molecule has 40 heteroatoms. The Morgan fingerprint density at radius 3 is 1.16 bits per heavy atom. The van der Waals surface area contributed by atoms with Crippen molar-refractivity contribution in [2.75, 3.05) is 65.5 Å². The van der Waals surface area contributed by atoms with Crippen LogP contribution in [0.15, 0.2) is 187 Å². The molecule has 0 spiro atoms. The maximum absolute atomic E-state index is 14.0. The summed E-state index contributed by atoms with van der Waals surface area (Å²) >= 11 is 0. The van der Waals surface area contributed by atoms with Crippen molar-refractivity contribution in [3.8, 4) is 34.1 Å². The zero-order valence-corrected chi connectivity index (χ0v) is 61.8. The average molecular weight is 1550 g/mol. The van der Waals surface area contributed by atoms with Crippen molar-refractivity contribution in [3.05, 3.63) is 240 Å². The molecule has 0 saturated heterocycles. The third kappa shape index (κ3) is 21.9. The Labute approximate surface area is 646 Å². The van der Waals surface area contributed by atoms with Crippen LogP contribution in [0.3, 0.4) is 0 Å². The van der Waals surface area contributed by atoms with Crippen molar-refractivity contribution in [2.24, 2.45) is 0 Å². The maximum atomic E-state index is 14.0. The molecule has 4 unspecified atom stereocenters. The summed E-state index contributed by atoms with van der Waals surface area (Å²) in [6, 6.07) is 41.1. The molecule has 11 heterocycles. The van der Waals surface area contributed by atoms with E-state index < -0.39 is 17.7 Å². The van der Waals surface area contributed by atoms with Gasteiger partial charge in [-0.15, -0.1) is 0 Å². The molecule has 4 aromatic carbocycles. The lowest BCUT2D eigenvalue weighted by Gasteiger charge is -2.15. The highest BCUT2D eigenvalue weighted by Gasteiger charge is 2.21. The van der Waals surface area contributed by atoms with Gasteiger partial charge in [-0.3, -0.25) is 30.4 Å². The fraction of sp³-hybridized carbons (Fsp3) is 0.162. The molecular formula is C74H75F5N34O. The summed E-state index contributed by atoms with van der Waals surface area (Å²) in [5.74, 6) is 2.61. The number of nitrogen functional groups attached to an aromatic ring is 4. The number of benzene rings is 4. The fourth-order valence-electron chi connectivity index (χ4n) is 10.5. The van der Waals surface area contributed by atoms with Crippen LogP contribution in [0.5, 0.6) is 0 Å². The lowest BCUT2D eigenvalue weighted by molar-refractivity contribution is 0.565. The molecule has 582 valence electrons. The van der Waals surface area contributed by atoms with Crippen LogP contribution in [0.2, 0.25) is 0 Å². The highest BCUT2D eigenvalue weighted by molar-refractivity contribution is 5.66. The molecule has 0 amide bonds. The van der Waals surface area contributed by atoms with Gasteiger partial charge in [-0.1, -0.05) is 69.3 Å². The predicted molar refractivity (Wildman–Crippen MR) is 421 cm³/mol. The van der Waals surface area contributed by atoms with Gasteiger partial charge in [-0.05, 0) is 123 Å². The zero-order chi connectivity index (χ0) is 80.4. The summed E-state index contributed by atoms with van der Waals surface area (Å²) < 4.78 is 71.7. The van der Waals surface area contributed by atoms with Gasteiger partial charge in [0.2, 0.25) is 71.4 Å². The lowest BCUT2D eigenvalue weighted by Crippen LogP contribution is -2.14. The van der Waals surface area contributed by atoms with E-state index >= 15 is 0 Å². The minimum atomic E-state index is -0.671. The Kier molecular flexibility index (Phi) is 24.5. The minimum Gasteiger partial charge on any atom is -0.463 e. The van der Waals surface area contributed by atoms with Gasteiger partial charge in [0, 0.05) is 71.2 Å². The van der Waals surface area contributed by atoms with Crippen molar-refractivity contribution < 1.29 is 26.4 Å². The van der Waals surface area contributed by atoms with E-state index in [-0.39, 0.29) is 112 Å². The van der Waals surface area contributed by atoms with Crippen molar-refractivity contribution in [1.82, 2.24) is 111 Å². The highest BCUT2D eigenvalue weighted by Crippen LogP contribution is 2.30. The maximum Gasteiger partial charge on any atom is 0.235 e. The van der Waals surface area contributed by atoms with Gasteiger partial charge < -0.3 is 69.9 Å². The van der Waals surface area contributed by atoms with Gasteiger partial charge in [-0.25, -0.2) is 22.0 Å². The van der Waals surface area contributed by atoms with Crippen LogP contribution in [0.1, 0.15) is 101 Å². The third-order valence-corrected chi connectivity index (χ3v) is 16.3. The van der Waals surface area contributed by atoms with E-state index in [4.69, 9.17) is 27.4 Å². The molecule has 0 radical (unpaired) electrons. The number of halogens is 5. The molecule has 0 bridgehead atoms. The van der Waals surface area contributed by atoms with Crippen LogP contribution < -0.4 is 65.5 Å². The van der Waals surface area contributed by atoms with E-state index in [1.165, 1.54) is 48.5 Å². The second-order valence-electron chi connectivity index (χ2n) is 26.0. The Hall–Kier alpha value is -15.4. The topological polar surface area (TPSA) is 509 Å². The SMILES string of the molecule is CC(Nc1nc(N)nc(Nc2cc(-c3ccccn3)[nH]n2)n1)c1ccc(F)cc1.CC(Nc1nc(N)nc(Nc2cc(-c3ccco3)[nH]n2)n1)c1ccc(F)cc1.CC(Nc1nc(N)nc(Nc2cc(-c3ccncc3)[nH]n2)n1)c1ccc(F)cc1F.CC(Nc1nc(N)nc(Nc2cc(C(C)(C)C)[nH]n2)n1)c1ccc(F)cc1.